The maximum absolute atomic E-state index is 12.8. The van der Waals surface area contributed by atoms with Crippen LogP contribution in [0.2, 0.25) is 0 Å². The highest BCUT2D eigenvalue weighted by Crippen LogP contribution is 2.19. The lowest BCUT2D eigenvalue weighted by atomic mass is 10.2. The summed E-state index contributed by atoms with van der Waals surface area (Å²) in [6.45, 7) is 2.47. The van der Waals surface area contributed by atoms with Crippen LogP contribution in [0.1, 0.15) is 18.1 Å². The molecular weight excluding hydrogens is 420 g/mol. The Morgan fingerprint density at radius 1 is 1.10 bits per heavy atom. The van der Waals surface area contributed by atoms with Crippen LogP contribution in [0, 0.1) is 0 Å². The van der Waals surface area contributed by atoms with E-state index in [2.05, 4.69) is 5.32 Å². The number of esters is 1. The molecule has 1 amide bonds. The van der Waals surface area contributed by atoms with Crippen LogP contribution in [0.3, 0.4) is 0 Å². The Balaban J connectivity index is 1.72. The fourth-order valence-electron chi connectivity index (χ4n) is 3.01. The van der Waals surface area contributed by atoms with Gasteiger partial charge in [0.15, 0.2) is 0 Å². The number of hydrogen-bond acceptors (Lipinski definition) is 6. The number of amides is 1. The monoisotopic (exact) mass is 444 g/mol. The van der Waals surface area contributed by atoms with Crippen molar-refractivity contribution in [3.05, 3.63) is 71.4 Å². The average Bonchev–Trinajstić information content (AvgIpc) is 2.78. The third-order valence-electron chi connectivity index (χ3n) is 4.52. The van der Waals surface area contributed by atoms with Crippen LogP contribution < -0.4 is 5.32 Å². The van der Waals surface area contributed by atoms with E-state index < -0.39 is 21.9 Å². The lowest BCUT2D eigenvalue weighted by Crippen LogP contribution is -2.40. The fourth-order valence-corrected chi connectivity index (χ4v) is 4.49. The number of ether oxygens (including phenoxy) is 2. The summed E-state index contributed by atoms with van der Waals surface area (Å²) in [5.74, 6) is -1.13. The average molecular weight is 445 g/mol. The van der Waals surface area contributed by atoms with Gasteiger partial charge in [0, 0.05) is 20.0 Å². The van der Waals surface area contributed by atoms with Gasteiger partial charge in [0.2, 0.25) is 15.9 Å². The van der Waals surface area contributed by atoms with Crippen LogP contribution in [-0.4, -0.2) is 50.9 Å². The largest absolute Gasteiger partial charge is 0.456 e. The molecular formula is C22H24N2O6S. The molecule has 1 N–H and O–H groups in total. The van der Waals surface area contributed by atoms with Crippen molar-refractivity contribution in [2.75, 3.05) is 26.3 Å². The zero-order valence-electron chi connectivity index (χ0n) is 17.1. The number of sulfonamides is 1. The summed E-state index contributed by atoms with van der Waals surface area (Å²) < 4.78 is 37.5. The number of carbonyl (C=O) groups is 2. The van der Waals surface area contributed by atoms with Gasteiger partial charge >= 0.3 is 5.97 Å². The second-order valence-corrected chi connectivity index (χ2v) is 8.83. The number of nitrogens with zero attached hydrogens (tertiary/aromatic N) is 1. The molecule has 9 heteroatoms. The molecule has 0 unspecified atom stereocenters. The Kier molecular flexibility index (Phi) is 7.56. The van der Waals surface area contributed by atoms with Gasteiger partial charge in [-0.15, -0.1) is 0 Å². The molecule has 164 valence electrons. The summed E-state index contributed by atoms with van der Waals surface area (Å²) in [5, 5.41) is 2.48. The molecule has 0 saturated carbocycles. The standard InChI is InChI=1S/C22H24N2O6S/c1-17(25)23-21(15-18-6-3-2-4-7-18)22(26)30-16-19-8-5-9-20(14-19)31(27,28)24-10-12-29-13-11-24/h2-9,14-15H,10-13,16H2,1H3,(H,23,25)/b21-15+. The first-order chi connectivity index (χ1) is 14.9. The molecule has 3 rings (SSSR count). The van der Waals surface area contributed by atoms with Gasteiger partial charge in [-0.05, 0) is 29.3 Å². The second-order valence-electron chi connectivity index (χ2n) is 6.89. The van der Waals surface area contributed by atoms with Gasteiger partial charge in [-0.2, -0.15) is 4.31 Å². The van der Waals surface area contributed by atoms with Crippen molar-refractivity contribution in [2.24, 2.45) is 0 Å². The molecule has 0 atom stereocenters. The molecule has 1 aliphatic heterocycles. The molecule has 1 saturated heterocycles. The molecule has 0 bridgehead atoms. The van der Waals surface area contributed by atoms with E-state index in [9.17, 15) is 18.0 Å². The molecule has 31 heavy (non-hydrogen) atoms. The Morgan fingerprint density at radius 2 is 1.81 bits per heavy atom. The lowest BCUT2D eigenvalue weighted by molar-refractivity contribution is -0.141. The zero-order chi connectivity index (χ0) is 22.3. The van der Waals surface area contributed by atoms with Gasteiger partial charge in [0.25, 0.3) is 0 Å². The quantitative estimate of drug-likeness (QED) is 0.517. The Bertz CT molecular complexity index is 1060. The van der Waals surface area contributed by atoms with E-state index in [0.29, 0.717) is 31.9 Å². The van der Waals surface area contributed by atoms with E-state index in [1.807, 2.05) is 18.2 Å². The predicted octanol–water partition coefficient (Wildman–Crippen LogP) is 1.93. The predicted molar refractivity (Wildman–Crippen MR) is 114 cm³/mol. The van der Waals surface area contributed by atoms with Crippen LogP contribution in [0.15, 0.2) is 65.2 Å². The molecule has 2 aromatic rings. The molecule has 0 spiro atoms. The number of rotatable bonds is 7. The SMILES string of the molecule is CC(=O)N/C(=C/c1ccccc1)C(=O)OCc1cccc(S(=O)(=O)N2CCOCC2)c1. The number of hydrogen-bond donors (Lipinski definition) is 1. The van der Waals surface area contributed by atoms with Crippen LogP contribution in [0.5, 0.6) is 0 Å². The Labute approximate surface area is 181 Å². The number of morpholine rings is 1. The van der Waals surface area contributed by atoms with Crippen LogP contribution >= 0.6 is 0 Å². The minimum absolute atomic E-state index is 0.00390. The van der Waals surface area contributed by atoms with E-state index >= 15 is 0 Å². The molecule has 1 aliphatic rings. The lowest BCUT2D eigenvalue weighted by Gasteiger charge is -2.26. The van der Waals surface area contributed by atoms with Gasteiger partial charge in [0.05, 0.1) is 18.1 Å². The van der Waals surface area contributed by atoms with Crippen molar-refractivity contribution in [1.29, 1.82) is 0 Å². The van der Waals surface area contributed by atoms with Crippen molar-refractivity contribution in [1.82, 2.24) is 9.62 Å². The summed E-state index contributed by atoms with van der Waals surface area (Å²) in [7, 11) is -3.65. The number of nitrogens with one attached hydrogen (secondary N) is 1. The van der Waals surface area contributed by atoms with E-state index in [1.165, 1.54) is 29.4 Å². The second kappa shape index (κ2) is 10.3. The normalized spacial score (nSPS) is 15.3. The smallest absolute Gasteiger partial charge is 0.355 e. The van der Waals surface area contributed by atoms with Crippen molar-refractivity contribution in [2.45, 2.75) is 18.4 Å². The van der Waals surface area contributed by atoms with Crippen molar-refractivity contribution >= 4 is 28.0 Å². The number of carbonyl (C=O) groups excluding carboxylic acids is 2. The molecule has 1 fully saturated rings. The maximum Gasteiger partial charge on any atom is 0.355 e. The van der Waals surface area contributed by atoms with Gasteiger partial charge in [-0.3, -0.25) is 4.79 Å². The highest BCUT2D eigenvalue weighted by Gasteiger charge is 2.26. The first kappa shape index (κ1) is 22.7. The Hall–Kier alpha value is -3.01. The summed E-state index contributed by atoms with van der Waals surface area (Å²) in [6.07, 6.45) is 1.52. The topological polar surface area (TPSA) is 102 Å². The maximum atomic E-state index is 12.8. The highest BCUT2D eigenvalue weighted by atomic mass is 32.2. The zero-order valence-corrected chi connectivity index (χ0v) is 17.9. The van der Waals surface area contributed by atoms with E-state index in [4.69, 9.17) is 9.47 Å². The summed E-state index contributed by atoms with van der Waals surface area (Å²) >= 11 is 0. The van der Waals surface area contributed by atoms with E-state index in [1.54, 1.807) is 24.3 Å². The molecule has 8 nitrogen and oxygen atoms in total. The third-order valence-corrected chi connectivity index (χ3v) is 6.41. The van der Waals surface area contributed by atoms with Gasteiger partial charge in [-0.25, -0.2) is 13.2 Å². The molecule has 0 aliphatic carbocycles. The first-order valence-electron chi connectivity index (χ1n) is 9.74. The van der Waals surface area contributed by atoms with Crippen molar-refractivity contribution in [3.8, 4) is 0 Å². The molecule has 0 aromatic heterocycles. The van der Waals surface area contributed by atoms with Crippen LogP contribution in [0.4, 0.5) is 0 Å². The minimum Gasteiger partial charge on any atom is -0.456 e. The van der Waals surface area contributed by atoms with Gasteiger partial charge in [-0.1, -0.05) is 42.5 Å². The third kappa shape index (κ3) is 6.24. The Morgan fingerprint density at radius 3 is 2.48 bits per heavy atom. The molecule has 1 heterocycles. The van der Waals surface area contributed by atoms with Crippen molar-refractivity contribution < 1.29 is 27.5 Å². The van der Waals surface area contributed by atoms with Crippen LogP contribution in [-0.2, 0) is 35.7 Å². The molecule has 0 radical (unpaired) electrons. The van der Waals surface area contributed by atoms with Gasteiger partial charge < -0.3 is 14.8 Å². The van der Waals surface area contributed by atoms with Gasteiger partial charge in [0.1, 0.15) is 12.3 Å². The fraction of sp³-hybridized carbons (Fsp3) is 0.273. The summed E-state index contributed by atoms with van der Waals surface area (Å²) in [5.41, 5.74) is 1.24. The highest BCUT2D eigenvalue weighted by molar-refractivity contribution is 7.89. The summed E-state index contributed by atoms with van der Waals surface area (Å²) in [6, 6.07) is 15.3. The first-order valence-corrected chi connectivity index (χ1v) is 11.2. The molecule has 2 aromatic carbocycles. The van der Waals surface area contributed by atoms with E-state index in [0.717, 1.165) is 5.56 Å². The van der Waals surface area contributed by atoms with Crippen molar-refractivity contribution in [3.63, 3.8) is 0 Å². The van der Waals surface area contributed by atoms with E-state index in [-0.39, 0.29) is 17.2 Å². The van der Waals surface area contributed by atoms with Crippen LogP contribution in [0.25, 0.3) is 6.08 Å². The summed E-state index contributed by atoms with van der Waals surface area (Å²) in [4.78, 5) is 24.2. The number of benzene rings is 2. The minimum atomic E-state index is -3.65.